The van der Waals surface area contributed by atoms with Crippen LogP contribution in [0.5, 0.6) is 0 Å². The van der Waals surface area contributed by atoms with Crippen LogP contribution < -0.4 is 0 Å². The molecule has 1 aromatic rings. The molecule has 0 saturated carbocycles. The van der Waals surface area contributed by atoms with Crippen LogP contribution in [0, 0.1) is 17.6 Å². The van der Waals surface area contributed by atoms with Gasteiger partial charge in [0.25, 0.3) is 0 Å². The summed E-state index contributed by atoms with van der Waals surface area (Å²) in [6.07, 6.45) is 1.79. The molecule has 1 aliphatic heterocycles. The zero-order chi connectivity index (χ0) is 11.5. The van der Waals surface area contributed by atoms with Crippen molar-refractivity contribution >= 4 is 0 Å². The van der Waals surface area contributed by atoms with Gasteiger partial charge in [0.2, 0.25) is 0 Å². The van der Waals surface area contributed by atoms with E-state index in [1.165, 1.54) is 0 Å². The van der Waals surface area contributed by atoms with Gasteiger partial charge >= 0.3 is 0 Å². The van der Waals surface area contributed by atoms with Crippen LogP contribution in [0.25, 0.3) is 0 Å². The highest BCUT2D eigenvalue weighted by molar-refractivity contribution is 5.08. The quantitative estimate of drug-likeness (QED) is 0.791. The minimum atomic E-state index is -0.677. The van der Waals surface area contributed by atoms with E-state index in [0.717, 1.165) is 25.2 Å². The number of rotatable bonds is 3. The fourth-order valence-corrected chi connectivity index (χ4v) is 1.95. The fourth-order valence-electron chi connectivity index (χ4n) is 1.95. The lowest BCUT2D eigenvalue weighted by atomic mass is 10.1. The maximum atomic E-state index is 13.3. The predicted molar refractivity (Wildman–Crippen MR) is 53.5 cm³/mol. The molecule has 2 rings (SSSR count). The molecule has 88 valence electrons. The number of hydrogen-bond donors (Lipinski definition) is 0. The summed E-state index contributed by atoms with van der Waals surface area (Å²) in [6.45, 7) is 1.35. The summed E-state index contributed by atoms with van der Waals surface area (Å²) < 4.78 is 38.3. The summed E-state index contributed by atoms with van der Waals surface area (Å²) in [5.74, 6) is -1.27. The molecular formula is C11H13F3N2. The largest absolute Gasteiger partial charge is 0.297 e. The van der Waals surface area contributed by atoms with Gasteiger partial charge in [0.15, 0.2) is 0 Å². The van der Waals surface area contributed by atoms with Crippen molar-refractivity contribution in [3.8, 4) is 0 Å². The Labute approximate surface area is 92.1 Å². The van der Waals surface area contributed by atoms with Gasteiger partial charge in [-0.3, -0.25) is 14.3 Å². The molecule has 1 unspecified atom stereocenters. The maximum Gasteiger partial charge on any atom is 0.148 e. The van der Waals surface area contributed by atoms with Crippen LogP contribution >= 0.6 is 0 Å². The molecule has 1 atom stereocenters. The number of pyridine rings is 1. The molecule has 1 saturated heterocycles. The van der Waals surface area contributed by atoms with Crippen molar-refractivity contribution in [2.45, 2.75) is 13.0 Å². The molecule has 0 aliphatic carbocycles. The number of alkyl halides is 1. The van der Waals surface area contributed by atoms with Crippen molar-refractivity contribution in [1.29, 1.82) is 0 Å². The molecule has 5 heteroatoms. The van der Waals surface area contributed by atoms with Crippen LogP contribution in [0.2, 0.25) is 0 Å². The van der Waals surface area contributed by atoms with Crippen LogP contribution in [-0.2, 0) is 6.54 Å². The second-order valence-corrected chi connectivity index (χ2v) is 4.13. The molecule has 16 heavy (non-hydrogen) atoms. The Balaban J connectivity index is 1.99. The van der Waals surface area contributed by atoms with Gasteiger partial charge in [-0.05, 0) is 13.0 Å². The Bertz CT molecular complexity index is 370. The average molecular weight is 230 g/mol. The lowest BCUT2D eigenvalue weighted by Gasteiger charge is -2.14. The molecule has 1 aromatic heterocycles. The van der Waals surface area contributed by atoms with E-state index in [4.69, 9.17) is 0 Å². The first-order valence-electron chi connectivity index (χ1n) is 5.27. The highest BCUT2D eigenvalue weighted by Gasteiger charge is 2.23. The van der Waals surface area contributed by atoms with Crippen LogP contribution in [0.15, 0.2) is 12.3 Å². The molecule has 2 nitrogen and oxygen atoms in total. The van der Waals surface area contributed by atoms with Crippen LogP contribution in [-0.4, -0.2) is 29.6 Å². The lowest BCUT2D eigenvalue weighted by molar-refractivity contribution is 0.289. The summed E-state index contributed by atoms with van der Waals surface area (Å²) in [7, 11) is 0. The van der Waals surface area contributed by atoms with Crippen molar-refractivity contribution in [2.75, 3.05) is 19.8 Å². The molecule has 0 spiro atoms. The Morgan fingerprint density at radius 3 is 2.88 bits per heavy atom. The van der Waals surface area contributed by atoms with E-state index in [9.17, 15) is 13.2 Å². The van der Waals surface area contributed by atoms with Crippen LogP contribution in [0.4, 0.5) is 13.2 Å². The van der Waals surface area contributed by atoms with E-state index in [0.29, 0.717) is 13.1 Å². The first-order valence-corrected chi connectivity index (χ1v) is 5.27. The average Bonchev–Trinajstić information content (AvgIpc) is 2.70. The zero-order valence-corrected chi connectivity index (χ0v) is 8.80. The van der Waals surface area contributed by atoms with Gasteiger partial charge in [-0.25, -0.2) is 8.78 Å². The first kappa shape index (κ1) is 11.4. The predicted octanol–water partition coefficient (Wildman–Crippen LogP) is 2.15. The highest BCUT2D eigenvalue weighted by atomic mass is 19.1. The van der Waals surface area contributed by atoms with E-state index < -0.39 is 11.6 Å². The SMILES string of the molecule is FCC1CCN(Cc2ncc(F)cc2F)C1. The zero-order valence-electron chi connectivity index (χ0n) is 8.80. The number of aromatic nitrogens is 1. The minimum Gasteiger partial charge on any atom is -0.297 e. The van der Waals surface area contributed by atoms with Crippen molar-refractivity contribution in [1.82, 2.24) is 9.88 Å². The normalized spacial score (nSPS) is 21.6. The third-order valence-electron chi connectivity index (χ3n) is 2.85. The van der Waals surface area contributed by atoms with Gasteiger partial charge in [0.05, 0.1) is 18.6 Å². The number of hydrogen-bond acceptors (Lipinski definition) is 2. The Morgan fingerprint density at radius 2 is 2.25 bits per heavy atom. The van der Waals surface area contributed by atoms with Crippen molar-refractivity contribution in [3.05, 3.63) is 29.6 Å². The number of likely N-dealkylation sites (tertiary alicyclic amines) is 1. The highest BCUT2D eigenvalue weighted by Crippen LogP contribution is 2.19. The minimum absolute atomic E-state index is 0.0449. The summed E-state index contributed by atoms with van der Waals surface area (Å²) in [4.78, 5) is 5.64. The van der Waals surface area contributed by atoms with Crippen molar-refractivity contribution < 1.29 is 13.2 Å². The van der Waals surface area contributed by atoms with E-state index in [1.54, 1.807) is 0 Å². The molecule has 0 amide bonds. The molecule has 0 N–H and O–H groups in total. The monoisotopic (exact) mass is 230 g/mol. The smallest absolute Gasteiger partial charge is 0.148 e. The third kappa shape index (κ3) is 2.52. The Kier molecular flexibility index (Phi) is 3.43. The Morgan fingerprint density at radius 1 is 1.44 bits per heavy atom. The van der Waals surface area contributed by atoms with Crippen LogP contribution in [0.1, 0.15) is 12.1 Å². The number of halogens is 3. The molecule has 1 aliphatic rings. The summed E-state index contributed by atoms with van der Waals surface area (Å²) in [5.41, 5.74) is 0.223. The third-order valence-corrected chi connectivity index (χ3v) is 2.85. The number of nitrogens with zero attached hydrogens (tertiary/aromatic N) is 2. The molecule has 1 fully saturated rings. The van der Waals surface area contributed by atoms with E-state index in [-0.39, 0.29) is 18.3 Å². The second kappa shape index (κ2) is 4.82. The van der Waals surface area contributed by atoms with E-state index >= 15 is 0 Å². The summed E-state index contributed by atoms with van der Waals surface area (Å²) in [6, 6.07) is 0.824. The standard InChI is InChI=1S/C11H13F3N2/c12-4-8-1-2-16(6-8)7-11-10(14)3-9(13)5-15-11/h3,5,8H,1-2,4,6-7H2. The van der Waals surface area contributed by atoms with Gasteiger partial charge in [0, 0.05) is 25.1 Å². The fraction of sp³-hybridized carbons (Fsp3) is 0.545. The second-order valence-electron chi connectivity index (χ2n) is 4.13. The van der Waals surface area contributed by atoms with E-state index in [2.05, 4.69) is 4.98 Å². The lowest BCUT2D eigenvalue weighted by Crippen LogP contribution is -2.22. The van der Waals surface area contributed by atoms with Crippen molar-refractivity contribution in [3.63, 3.8) is 0 Å². The molecule has 2 heterocycles. The van der Waals surface area contributed by atoms with E-state index in [1.807, 2.05) is 4.90 Å². The van der Waals surface area contributed by atoms with Gasteiger partial charge < -0.3 is 0 Å². The summed E-state index contributed by atoms with van der Waals surface area (Å²) in [5, 5.41) is 0. The van der Waals surface area contributed by atoms with Crippen molar-refractivity contribution in [2.24, 2.45) is 5.92 Å². The van der Waals surface area contributed by atoms with Gasteiger partial charge in [0.1, 0.15) is 11.6 Å². The topological polar surface area (TPSA) is 16.1 Å². The van der Waals surface area contributed by atoms with Gasteiger partial charge in [-0.15, -0.1) is 0 Å². The Hall–Kier alpha value is -1.10. The molecule has 0 aromatic carbocycles. The summed E-state index contributed by atoms with van der Waals surface area (Å²) >= 11 is 0. The molecule has 0 radical (unpaired) electrons. The van der Waals surface area contributed by atoms with Gasteiger partial charge in [-0.2, -0.15) is 0 Å². The first-order chi connectivity index (χ1) is 7.69. The molecule has 0 bridgehead atoms. The van der Waals surface area contributed by atoms with Crippen LogP contribution in [0.3, 0.4) is 0 Å². The maximum absolute atomic E-state index is 13.3. The van der Waals surface area contributed by atoms with Gasteiger partial charge in [-0.1, -0.05) is 0 Å². The molecular weight excluding hydrogens is 217 g/mol.